The molecular formula is C29H30ClF6N3O5. The Balaban J connectivity index is 0.00000675. The Kier molecular flexibility index (Phi) is 12.6. The second-order valence-electron chi connectivity index (χ2n) is 9.71. The zero-order chi connectivity index (χ0) is 31.8. The molecule has 3 aromatic rings. The molecule has 0 fully saturated rings. The number of rotatable bonds is 12. The van der Waals surface area contributed by atoms with Crippen molar-refractivity contribution in [2.75, 3.05) is 23.8 Å². The molecule has 0 aromatic heterocycles. The lowest BCUT2D eigenvalue weighted by Crippen LogP contribution is -2.41. The van der Waals surface area contributed by atoms with Gasteiger partial charge in [0, 0.05) is 24.0 Å². The second kappa shape index (κ2) is 15.2. The van der Waals surface area contributed by atoms with E-state index < -0.39 is 41.9 Å². The molecule has 0 spiro atoms. The normalized spacial score (nSPS) is 13.3. The largest absolute Gasteiger partial charge is 0.491 e. The number of nitrogens with one attached hydrogen (secondary N) is 3. The third-order valence-corrected chi connectivity index (χ3v) is 6.24. The summed E-state index contributed by atoms with van der Waals surface area (Å²) in [6.07, 6.45) is -11.2. The van der Waals surface area contributed by atoms with Gasteiger partial charge in [-0.1, -0.05) is 42.5 Å². The van der Waals surface area contributed by atoms with E-state index in [1.54, 1.807) is 41.8 Å². The van der Waals surface area contributed by atoms with E-state index >= 15 is 0 Å². The lowest BCUT2D eigenvalue weighted by Gasteiger charge is -2.33. The molecule has 0 aliphatic heterocycles. The van der Waals surface area contributed by atoms with Crippen molar-refractivity contribution in [3.63, 3.8) is 0 Å². The fourth-order valence-electron chi connectivity index (χ4n) is 4.09. The van der Waals surface area contributed by atoms with Crippen LogP contribution in [0.15, 0.2) is 78.9 Å². The third-order valence-electron chi connectivity index (χ3n) is 6.24. The Hall–Kier alpha value is -3.85. The molecule has 2 amide bonds. The minimum atomic E-state index is -5.11. The smallest absolute Gasteiger partial charge is 0.471 e. The van der Waals surface area contributed by atoms with Crippen LogP contribution in [0.4, 0.5) is 37.7 Å². The van der Waals surface area contributed by atoms with Crippen molar-refractivity contribution in [3.8, 4) is 5.75 Å². The second-order valence-corrected chi connectivity index (χ2v) is 9.71. The highest BCUT2D eigenvalue weighted by Gasteiger charge is 2.40. The molecule has 8 nitrogen and oxygen atoms in total. The number of halogens is 7. The monoisotopic (exact) mass is 649 g/mol. The number of carbonyl (C=O) groups excluding carboxylic acids is 2. The number of benzene rings is 3. The number of alkyl halides is 6. The molecule has 0 aliphatic carbocycles. The van der Waals surface area contributed by atoms with E-state index in [1.165, 1.54) is 24.3 Å². The van der Waals surface area contributed by atoms with Gasteiger partial charge in [-0.15, -0.1) is 12.4 Å². The molecule has 0 saturated heterocycles. The maximum absolute atomic E-state index is 12.6. The Morgan fingerprint density at radius 1 is 0.773 bits per heavy atom. The Morgan fingerprint density at radius 3 is 1.61 bits per heavy atom. The van der Waals surface area contributed by atoms with Crippen LogP contribution >= 0.6 is 12.4 Å². The molecule has 0 radical (unpaired) electrons. The molecule has 15 heteroatoms. The minimum absolute atomic E-state index is 0. The number of amides is 2. The van der Waals surface area contributed by atoms with Crippen LogP contribution in [0.2, 0.25) is 0 Å². The van der Waals surface area contributed by atoms with Gasteiger partial charge in [0.25, 0.3) is 0 Å². The number of aliphatic hydroxyl groups excluding tert-OH is 1. The molecule has 0 saturated carbocycles. The molecule has 0 heterocycles. The van der Waals surface area contributed by atoms with E-state index in [2.05, 4.69) is 5.32 Å². The van der Waals surface area contributed by atoms with Crippen LogP contribution in [-0.4, -0.2) is 59.7 Å². The number of ether oxygens (including phenoxy) is 1. The zero-order valence-corrected chi connectivity index (χ0v) is 23.9. The predicted molar refractivity (Wildman–Crippen MR) is 153 cm³/mol. The van der Waals surface area contributed by atoms with Gasteiger partial charge in [-0.3, -0.25) is 9.59 Å². The summed E-state index contributed by atoms with van der Waals surface area (Å²) in [5.41, 5.74) is -1.85. The summed E-state index contributed by atoms with van der Waals surface area (Å²) in [5.74, 6) is -3.80. The van der Waals surface area contributed by atoms with Gasteiger partial charge in [0.2, 0.25) is 0 Å². The quantitative estimate of drug-likeness (QED) is 0.173. The average Bonchev–Trinajstić information content (AvgIpc) is 2.95. The summed E-state index contributed by atoms with van der Waals surface area (Å²) in [6.45, 7) is 1.74. The van der Waals surface area contributed by atoms with Crippen molar-refractivity contribution in [2.45, 2.75) is 43.4 Å². The summed E-state index contributed by atoms with van der Waals surface area (Å²) in [4.78, 5) is 22.6. The fourth-order valence-corrected chi connectivity index (χ4v) is 4.09. The first-order chi connectivity index (χ1) is 20.1. The Morgan fingerprint density at radius 2 is 1.20 bits per heavy atom. The topological polar surface area (TPSA) is 120 Å². The number of aliphatic hydroxyl groups is 2. The highest BCUT2D eigenvalue weighted by atomic mass is 35.5. The van der Waals surface area contributed by atoms with Gasteiger partial charge in [0.15, 0.2) is 0 Å². The summed E-state index contributed by atoms with van der Waals surface area (Å²) in [7, 11) is 0. The van der Waals surface area contributed by atoms with E-state index in [9.17, 15) is 46.1 Å². The molecule has 2 atom stereocenters. The molecule has 240 valence electrons. The van der Waals surface area contributed by atoms with Gasteiger partial charge in [-0.2, -0.15) is 26.3 Å². The third kappa shape index (κ3) is 10.4. The summed E-state index contributed by atoms with van der Waals surface area (Å²) >= 11 is 0. The molecule has 0 bridgehead atoms. The molecule has 3 aromatic carbocycles. The van der Waals surface area contributed by atoms with E-state index in [-0.39, 0.29) is 54.5 Å². The number of hydrogen-bond acceptors (Lipinski definition) is 6. The minimum Gasteiger partial charge on any atom is -0.491 e. The maximum atomic E-state index is 12.6. The van der Waals surface area contributed by atoms with Crippen molar-refractivity contribution in [2.24, 2.45) is 0 Å². The molecule has 44 heavy (non-hydrogen) atoms. The van der Waals surface area contributed by atoms with Crippen molar-refractivity contribution >= 4 is 35.6 Å². The molecule has 0 unspecified atom stereocenters. The van der Waals surface area contributed by atoms with Crippen LogP contribution < -0.4 is 20.7 Å². The van der Waals surface area contributed by atoms with Crippen molar-refractivity contribution in [1.29, 1.82) is 0 Å². The van der Waals surface area contributed by atoms with Crippen molar-refractivity contribution in [3.05, 3.63) is 90.0 Å². The number of anilines is 2. The highest BCUT2D eigenvalue weighted by molar-refractivity contribution is 5.95. The number of hydrogen-bond donors (Lipinski definition) is 5. The maximum Gasteiger partial charge on any atom is 0.471 e. The van der Waals surface area contributed by atoms with E-state index in [1.807, 2.05) is 6.07 Å². The average molecular weight is 650 g/mol. The summed E-state index contributed by atoms with van der Waals surface area (Å²) in [5, 5.41) is 28.7. The van der Waals surface area contributed by atoms with Crippen LogP contribution in [0.25, 0.3) is 0 Å². The van der Waals surface area contributed by atoms with Crippen LogP contribution in [0.3, 0.4) is 0 Å². The van der Waals surface area contributed by atoms with Gasteiger partial charge in [0.1, 0.15) is 24.1 Å². The van der Waals surface area contributed by atoms with Gasteiger partial charge < -0.3 is 30.9 Å². The lowest BCUT2D eigenvalue weighted by molar-refractivity contribution is -0.167. The first-order valence-corrected chi connectivity index (χ1v) is 12.9. The zero-order valence-electron chi connectivity index (χ0n) is 23.1. The van der Waals surface area contributed by atoms with Crippen molar-refractivity contribution < 1.29 is 50.9 Å². The van der Waals surface area contributed by atoms with E-state index in [0.29, 0.717) is 5.75 Å². The van der Waals surface area contributed by atoms with E-state index in [4.69, 9.17) is 4.74 Å². The highest BCUT2D eigenvalue weighted by Crippen LogP contribution is 2.36. The molecular weight excluding hydrogens is 620 g/mol. The Bertz CT molecular complexity index is 1290. The van der Waals surface area contributed by atoms with Crippen LogP contribution in [0, 0.1) is 0 Å². The van der Waals surface area contributed by atoms with Gasteiger partial charge in [-0.05, 0) is 60.9 Å². The number of carbonyl (C=O) groups is 2. The van der Waals surface area contributed by atoms with Crippen LogP contribution in [-0.2, 0) is 15.2 Å². The Labute approximate surface area is 254 Å². The van der Waals surface area contributed by atoms with E-state index in [0.717, 1.165) is 24.3 Å². The summed E-state index contributed by atoms with van der Waals surface area (Å²) in [6, 6.07) is 18.1. The molecule has 5 N–H and O–H groups in total. The molecule has 0 aliphatic rings. The molecule has 3 rings (SSSR count). The predicted octanol–water partition coefficient (Wildman–Crippen LogP) is 5.15. The summed E-state index contributed by atoms with van der Waals surface area (Å²) < 4.78 is 81.3. The fraction of sp³-hybridized carbons (Fsp3) is 0.310. The van der Waals surface area contributed by atoms with Crippen molar-refractivity contribution in [1.82, 2.24) is 5.32 Å². The first-order valence-electron chi connectivity index (χ1n) is 12.9. The van der Waals surface area contributed by atoms with Gasteiger partial charge >= 0.3 is 24.2 Å². The van der Waals surface area contributed by atoms with Gasteiger partial charge in [-0.25, -0.2) is 0 Å². The lowest BCUT2D eigenvalue weighted by atomic mass is 9.81. The standard InChI is InChI=1S/C29H29F6N3O5.ClH/c1-18(36-16-23(39)17-43-24-5-3-2-4-6-24)15-27(42,19-7-11-21(12-8-19)37-25(40)28(30,31)32)20-9-13-22(14-10-20)38-26(41)29(33,34)35;/h2-14,18,23,36,39,42H,15-17H2,1H3,(H,37,40)(H,38,41);1H/t18-,23-;/m0./s1. The number of para-hydroxylation sites is 1. The van der Waals surface area contributed by atoms with Crippen LogP contribution in [0.1, 0.15) is 24.5 Å². The SMILES string of the molecule is C[C@@H](CC(O)(c1ccc(NC(=O)C(F)(F)F)cc1)c1ccc(NC(=O)C(F)(F)F)cc1)NC[C@H](O)COc1ccccc1.Cl. The first kappa shape index (κ1) is 36.3. The van der Waals surface area contributed by atoms with Gasteiger partial charge in [0.05, 0.1) is 0 Å². The van der Waals surface area contributed by atoms with Crippen LogP contribution in [0.5, 0.6) is 5.75 Å².